The molecule has 0 atom stereocenters. The van der Waals surface area contributed by atoms with E-state index in [0.717, 1.165) is 43.9 Å². The van der Waals surface area contributed by atoms with Gasteiger partial charge < -0.3 is 14.9 Å². The Labute approximate surface area is 170 Å². The molecule has 0 spiro atoms. The molecular formula is C23H26N6. The van der Waals surface area contributed by atoms with Crippen LogP contribution in [-0.2, 0) is 6.54 Å². The highest BCUT2D eigenvalue weighted by molar-refractivity contribution is 6.01. The maximum atomic E-state index is 5.06. The zero-order valence-corrected chi connectivity index (χ0v) is 16.5. The van der Waals surface area contributed by atoms with Gasteiger partial charge in [-0.3, -0.25) is 4.90 Å². The lowest BCUT2D eigenvalue weighted by Gasteiger charge is -2.35. The Hall–Kier alpha value is -2.70. The summed E-state index contributed by atoms with van der Waals surface area (Å²) in [6.45, 7) is 5.36. The maximum absolute atomic E-state index is 5.06. The summed E-state index contributed by atoms with van der Waals surface area (Å²) in [4.78, 5) is 15.5. The van der Waals surface area contributed by atoms with Crippen LogP contribution in [0.2, 0.25) is 0 Å². The molecule has 2 fully saturated rings. The Bertz CT molecular complexity index is 1130. The first-order valence-electron chi connectivity index (χ1n) is 10.7. The number of likely N-dealkylation sites (tertiary alicyclic amines) is 1. The molecule has 0 unspecified atom stereocenters. The molecule has 0 amide bonds. The van der Waals surface area contributed by atoms with Crippen molar-refractivity contribution < 1.29 is 0 Å². The number of nitrogens with one attached hydrogen (secondary N) is 2. The van der Waals surface area contributed by atoms with E-state index in [1.807, 2.05) is 12.4 Å². The zero-order chi connectivity index (χ0) is 19.2. The molecule has 3 aromatic heterocycles. The highest BCUT2D eigenvalue weighted by Crippen LogP contribution is 2.35. The molecule has 6 heteroatoms. The van der Waals surface area contributed by atoms with Gasteiger partial charge in [0.1, 0.15) is 17.0 Å². The Balaban J connectivity index is 1.33. The van der Waals surface area contributed by atoms with Gasteiger partial charge in [-0.15, -0.1) is 0 Å². The molecule has 6 rings (SSSR count). The van der Waals surface area contributed by atoms with Gasteiger partial charge in [0.15, 0.2) is 0 Å². The van der Waals surface area contributed by atoms with Crippen LogP contribution in [0.3, 0.4) is 0 Å². The molecule has 5 heterocycles. The fourth-order valence-corrected chi connectivity index (χ4v) is 4.92. The van der Waals surface area contributed by atoms with Gasteiger partial charge in [0.05, 0.1) is 11.7 Å². The van der Waals surface area contributed by atoms with Crippen LogP contribution < -0.4 is 5.32 Å². The van der Waals surface area contributed by atoms with Crippen molar-refractivity contribution in [1.29, 1.82) is 0 Å². The fraction of sp³-hybridized carbons (Fsp3) is 0.391. The van der Waals surface area contributed by atoms with Crippen LogP contribution in [0.15, 0.2) is 48.8 Å². The van der Waals surface area contributed by atoms with Gasteiger partial charge in [-0.05, 0) is 24.5 Å². The number of hydrogen-bond acceptors (Lipinski definition) is 4. The number of H-pyrrole nitrogens is 1. The van der Waals surface area contributed by atoms with Crippen molar-refractivity contribution in [2.75, 3.05) is 26.2 Å². The Morgan fingerprint density at radius 1 is 1.03 bits per heavy atom. The number of nitrogens with zero attached hydrogens (tertiary/aromatic N) is 4. The summed E-state index contributed by atoms with van der Waals surface area (Å²) >= 11 is 0. The maximum Gasteiger partial charge on any atom is 0.139 e. The first-order chi connectivity index (χ1) is 14.4. The van der Waals surface area contributed by atoms with Crippen molar-refractivity contribution in [2.24, 2.45) is 0 Å². The predicted molar refractivity (Wildman–Crippen MR) is 115 cm³/mol. The molecule has 0 bridgehead atoms. The zero-order valence-electron chi connectivity index (χ0n) is 16.5. The third-order valence-electron chi connectivity index (χ3n) is 6.58. The summed E-state index contributed by atoms with van der Waals surface area (Å²) in [6.07, 6.45) is 6.26. The first kappa shape index (κ1) is 17.2. The second-order valence-electron chi connectivity index (χ2n) is 8.42. The number of benzene rings is 1. The van der Waals surface area contributed by atoms with E-state index in [1.165, 1.54) is 35.1 Å². The van der Waals surface area contributed by atoms with Crippen LogP contribution >= 0.6 is 0 Å². The van der Waals surface area contributed by atoms with Crippen molar-refractivity contribution in [3.05, 3.63) is 60.2 Å². The molecule has 4 aromatic rings. The van der Waals surface area contributed by atoms with E-state index in [4.69, 9.17) is 4.98 Å². The van der Waals surface area contributed by atoms with E-state index in [2.05, 4.69) is 61.1 Å². The lowest BCUT2D eigenvalue weighted by molar-refractivity contribution is 0.178. The normalized spacial score (nSPS) is 19.2. The van der Waals surface area contributed by atoms with Crippen molar-refractivity contribution in [3.63, 3.8) is 0 Å². The molecule has 1 aromatic carbocycles. The lowest BCUT2D eigenvalue weighted by atomic mass is 9.99. The summed E-state index contributed by atoms with van der Waals surface area (Å²) in [5, 5.41) is 4.61. The van der Waals surface area contributed by atoms with Crippen molar-refractivity contribution in [1.82, 2.24) is 29.7 Å². The minimum atomic E-state index is 0.503. The van der Waals surface area contributed by atoms with Crippen molar-refractivity contribution in [3.8, 4) is 0 Å². The topological polar surface area (TPSA) is 61.8 Å². The number of rotatable bonds is 4. The van der Waals surface area contributed by atoms with Crippen LogP contribution in [0, 0.1) is 0 Å². The molecule has 2 saturated heterocycles. The molecule has 2 aliphatic rings. The van der Waals surface area contributed by atoms with Crippen molar-refractivity contribution in [2.45, 2.75) is 31.3 Å². The summed E-state index contributed by atoms with van der Waals surface area (Å²) < 4.78 is 2.57. The van der Waals surface area contributed by atoms with Gasteiger partial charge >= 0.3 is 0 Å². The SMILES string of the molecule is c1ccc(CN2CCC(n3c(C4CNC4)nc4cnc5[nH]ccc5c43)CC2)cc1. The third kappa shape index (κ3) is 2.94. The average molecular weight is 387 g/mol. The summed E-state index contributed by atoms with van der Waals surface area (Å²) in [5.74, 6) is 1.76. The number of pyridine rings is 1. The molecule has 0 aliphatic carbocycles. The Morgan fingerprint density at radius 3 is 2.62 bits per heavy atom. The predicted octanol–water partition coefficient (Wildman–Crippen LogP) is 3.44. The summed E-state index contributed by atoms with van der Waals surface area (Å²) in [6, 6.07) is 13.5. The van der Waals surface area contributed by atoms with E-state index in [9.17, 15) is 0 Å². The minimum absolute atomic E-state index is 0.503. The average Bonchev–Trinajstić information content (AvgIpc) is 3.32. The molecule has 0 radical (unpaired) electrons. The number of aromatic nitrogens is 4. The highest BCUT2D eigenvalue weighted by atomic mass is 15.2. The molecular weight excluding hydrogens is 360 g/mol. The minimum Gasteiger partial charge on any atom is -0.346 e. The second kappa shape index (κ2) is 6.97. The van der Waals surface area contributed by atoms with E-state index in [1.54, 1.807) is 0 Å². The largest absolute Gasteiger partial charge is 0.346 e. The van der Waals surface area contributed by atoms with E-state index >= 15 is 0 Å². The number of fused-ring (bicyclic) bond motifs is 3. The van der Waals surface area contributed by atoms with Crippen LogP contribution in [-0.4, -0.2) is 50.6 Å². The molecule has 2 aliphatic heterocycles. The van der Waals surface area contributed by atoms with Crippen LogP contribution in [0.25, 0.3) is 22.1 Å². The van der Waals surface area contributed by atoms with Crippen LogP contribution in [0.5, 0.6) is 0 Å². The summed E-state index contributed by atoms with van der Waals surface area (Å²) in [7, 11) is 0. The van der Waals surface area contributed by atoms with Crippen LogP contribution in [0.1, 0.15) is 36.2 Å². The van der Waals surface area contributed by atoms with Gasteiger partial charge in [-0.1, -0.05) is 30.3 Å². The van der Waals surface area contributed by atoms with Gasteiger partial charge in [-0.2, -0.15) is 0 Å². The monoisotopic (exact) mass is 386 g/mol. The molecule has 29 heavy (non-hydrogen) atoms. The Kier molecular flexibility index (Phi) is 4.13. The van der Waals surface area contributed by atoms with Gasteiger partial charge in [0.2, 0.25) is 0 Å². The molecule has 6 nitrogen and oxygen atoms in total. The first-order valence-corrected chi connectivity index (χ1v) is 10.7. The van der Waals surface area contributed by atoms with Crippen LogP contribution in [0.4, 0.5) is 0 Å². The fourth-order valence-electron chi connectivity index (χ4n) is 4.92. The number of hydrogen-bond donors (Lipinski definition) is 2. The van der Waals surface area contributed by atoms with E-state index in [0.29, 0.717) is 12.0 Å². The highest BCUT2D eigenvalue weighted by Gasteiger charge is 2.31. The standard InChI is InChI=1S/C23H26N6/c1-2-4-16(5-3-1)15-28-10-7-18(8-11-28)29-21-19-6-9-25-22(19)26-14-20(21)27-23(29)17-12-24-13-17/h1-6,9,14,17-18,24H,7-8,10-13,15H2,(H,25,26). The van der Waals surface area contributed by atoms with Gasteiger partial charge in [0, 0.05) is 56.3 Å². The van der Waals surface area contributed by atoms with Crippen molar-refractivity contribution >= 4 is 22.1 Å². The third-order valence-corrected chi connectivity index (χ3v) is 6.58. The number of aromatic amines is 1. The quantitative estimate of drug-likeness (QED) is 0.564. The van der Waals surface area contributed by atoms with Gasteiger partial charge in [0.25, 0.3) is 0 Å². The smallest absolute Gasteiger partial charge is 0.139 e. The Morgan fingerprint density at radius 2 is 1.86 bits per heavy atom. The molecule has 148 valence electrons. The number of imidazole rings is 1. The van der Waals surface area contributed by atoms with E-state index < -0.39 is 0 Å². The van der Waals surface area contributed by atoms with Gasteiger partial charge in [-0.25, -0.2) is 9.97 Å². The lowest BCUT2D eigenvalue weighted by Crippen LogP contribution is -2.42. The second-order valence-corrected chi connectivity index (χ2v) is 8.42. The molecule has 2 N–H and O–H groups in total. The summed E-state index contributed by atoms with van der Waals surface area (Å²) in [5.41, 5.74) is 4.66. The van der Waals surface area contributed by atoms with E-state index in [-0.39, 0.29) is 0 Å². The number of piperidine rings is 1. The molecule has 0 saturated carbocycles.